The second kappa shape index (κ2) is 8.88. The van der Waals surface area contributed by atoms with Crippen molar-refractivity contribution in [2.24, 2.45) is 0 Å². The summed E-state index contributed by atoms with van der Waals surface area (Å²) in [7, 11) is 0. The summed E-state index contributed by atoms with van der Waals surface area (Å²) in [6.07, 6.45) is 1.54. The lowest BCUT2D eigenvalue weighted by Gasteiger charge is -2.35. The van der Waals surface area contributed by atoms with Crippen molar-refractivity contribution in [3.05, 3.63) is 64.7 Å². The third-order valence-corrected chi connectivity index (χ3v) is 7.05. The van der Waals surface area contributed by atoms with E-state index in [2.05, 4.69) is 60.4 Å². The summed E-state index contributed by atoms with van der Waals surface area (Å²) in [6.45, 7) is 4.80. The Morgan fingerprint density at radius 1 is 1.00 bits per heavy atom. The van der Waals surface area contributed by atoms with Gasteiger partial charge in [0.25, 0.3) is 0 Å². The predicted molar refractivity (Wildman–Crippen MR) is 132 cm³/mol. The SMILES string of the molecule is CC(=O)N1CCN(c2ccc(Oc3ncnc4scc(-c5ccc(Br)cc5)c34)cc2)CC1. The van der Waals surface area contributed by atoms with Crippen LogP contribution in [0.2, 0.25) is 0 Å². The maximum Gasteiger partial charge on any atom is 0.231 e. The lowest BCUT2D eigenvalue weighted by atomic mass is 10.1. The number of anilines is 1. The first-order valence-corrected chi connectivity index (χ1v) is 12.0. The average Bonchev–Trinajstić information content (AvgIpc) is 3.25. The minimum atomic E-state index is 0.139. The molecule has 1 amide bonds. The second-order valence-electron chi connectivity index (χ2n) is 7.60. The number of aromatic nitrogens is 2. The molecule has 1 fully saturated rings. The first kappa shape index (κ1) is 20.9. The van der Waals surface area contributed by atoms with Gasteiger partial charge in [-0.3, -0.25) is 4.79 Å². The van der Waals surface area contributed by atoms with Crippen LogP contribution in [0.3, 0.4) is 0 Å². The number of ether oxygens (including phenoxy) is 1. The molecule has 0 bridgehead atoms. The van der Waals surface area contributed by atoms with E-state index in [4.69, 9.17) is 4.74 Å². The number of amides is 1. The van der Waals surface area contributed by atoms with Crippen molar-refractivity contribution in [3.8, 4) is 22.8 Å². The van der Waals surface area contributed by atoms with Crippen LogP contribution < -0.4 is 9.64 Å². The van der Waals surface area contributed by atoms with E-state index in [-0.39, 0.29) is 5.91 Å². The van der Waals surface area contributed by atoms with Gasteiger partial charge < -0.3 is 14.5 Å². The van der Waals surface area contributed by atoms with E-state index in [0.717, 1.165) is 63.4 Å². The molecule has 1 aliphatic heterocycles. The molecule has 5 rings (SSSR count). The predicted octanol–water partition coefficient (Wildman–Crippen LogP) is 5.58. The molecule has 162 valence electrons. The molecule has 2 aromatic heterocycles. The van der Waals surface area contributed by atoms with E-state index in [9.17, 15) is 4.79 Å². The molecule has 3 heterocycles. The Labute approximate surface area is 198 Å². The third-order valence-electron chi connectivity index (χ3n) is 5.63. The number of hydrogen-bond donors (Lipinski definition) is 0. The van der Waals surface area contributed by atoms with Crippen LogP contribution in [0, 0.1) is 0 Å². The van der Waals surface area contributed by atoms with Gasteiger partial charge in [-0.15, -0.1) is 11.3 Å². The van der Waals surface area contributed by atoms with Crippen LogP contribution in [-0.4, -0.2) is 47.0 Å². The Kier molecular flexibility index (Phi) is 5.80. The number of carbonyl (C=O) groups is 1. The summed E-state index contributed by atoms with van der Waals surface area (Å²) in [4.78, 5) is 25.5. The van der Waals surface area contributed by atoms with E-state index < -0.39 is 0 Å². The van der Waals surface area contributed by atoms with Crippen LogP contribution >= 0.6 is 27.3 Å². The highest BCUT2D eigenvalue weighted by Crippen LogP contribution is 2.39. The Balaban J connectivity index is 1.37. The molecule has 0 atom stereocenters. The number of benzene rings is 2. The van der Waals surface area contributed by atoms with Gasteiger partial charge in [-0.2, -0.15) is 0 Å². The molecule has 0 spiro atoms. The molecular formula is C24H21BrN4O2S. The second-order valence-corrected chi connectivity index (χ2v) is 9.38. The van der Waals surface area contributed by atoms with E-state index in [0.29, 0.717) is 5.88 Å². The summed E-state index contributed by atoms with van der Waals surface area (Å²) >= 11 is 5.08. The van der Waals surface area contributed by atoms with E-state index in [1.54, 1.807) is 24.6 Å². The zero-order valence-corrected chi connectivity index (χ0v) is 19.9. The van der Waals surface area contributed by atoms with E-state index in [1.165, 1.54) is 0 Å². The maximum absolute atomic E-state index is 11.5. The quantitative estimate of drug-likeness (QED) is 0.360. The number of hydrogen-bond acceptors (Lipinski definition) is 6. The minimum absolute atomic E-state index is 0.139. The monoisotopic (exact) mass is 508 g/mol. The van der Waals surface area contributed by atoms with Gasteiger partial charge in [0.15, 0.2) is 0 Å². The molecule has 8 heteroatoms. The minimum Gasteiger partial charge on any atom is -0.438 e. The molecule has 1 aliphatic rings. The molecule has 0 N–H and O–H groups in total. The summed E-state index contributed by atoms with van der Waals surface area (Å²) in [5.41, 5.74) is 3.28. The third kappa shape index (κ3) is 4.20. The highest BCUT2D eigenvalue weighted by Gasteiger charge is 2.19. The van der Waals surface area contributed by atoms with Gasteiger partial charge in [-0.05, 0) is 42.0 Å². The summed E-state index contributed by atoms with van der Waals surface area (Å²) in [5.74, 6) is 1.42. The standard InChI is InChI=1S/C24H21BrN4O2S/c1-16(30)28-10-12-29(13-11-28)19-6-8-20(9-7-19)31-23-22-21(14-32-24(22)27-15-26-23)17-2-4-18(25)5-3-17/h2-9,14-15H,10-13H2,1H3. The van der Waals surface area contributed by atoms with Crippen LogP contribution in [0.1, 0.15) is 6.92 Å². The fourth-order valence-corrected chi connectivity index (χ4v) is 5.05. The Bertz CT molecular complexity index is 1250. The van der Waals surface area contributed by atoms with Crippen LogP contribution in [0.15, 0.2) is 64.7 Å². The molecule has 0 radical (unpaired) electrons. The van der Waals surface area contributed by atoms with Crippen molar-refractivity contribution in [2.75, 3.05) is 31.1 Å². The lowest BCUT2D eigenvalue weighted by Crippen LogP contribution is -2.48. The van der Waals surface area contributed by atoms with Gasteiger partial charge in [-0.1, -0.05) is 28.1 Å². The van der Waals surface area contributed by atoms with Crippen molar-refractivity contribution in [1.82, 2.24) is 14.9 Å². The molecule has 6 nitrogen and oxygen atoms in total. The van der Waals surface area contributed by atoms with Gasteiger partial charge in [0, 0.05) is 54.2 Å². The molecule has 1 saturated heterocycles. The van der Waals surface area contributed by atoms with Gasteiger partial charge in [0.05, 0.1) is 5.39 Å². The van der Waals surface area contributed by atoms with Gasteiger partial charge in [0.1, 0.15) is 16.9 Å². The smallest absolute Gasteiger partial charge is 0.231 e. The Hall–Kier alpha value is -2.97. The molecule has 0 saturated carbocycles. The van der Waals surface area contributed by atoms with Crippen LogP contribution in [0.4, 0.5) is 5.69 Å². The summed E-state index contributed by atoms with van der Waals surface area (Å²) in [6, 6.07) is 16.2. The first-order chi connectivity index (χ1) is 15.6. The topological polar surface area (TPSA) is 58.6 Å². The van der Waals surface area contributed by atoms with Crippen LogP contribution in [-0.2, 0) is 4.79 Å². The fraction of sp³-hybridized carbons (Fsp3) is 0.208. The van der Waals surface area contributed by atoms with E-state index in [1.807, 2.05) is 29.2 Å². The normalized spacial score (nSPS) is 14.1. The average molecular weight is 509 g/mol. The zero-order chi connectivity index (χ0) is 22.1. The van der Waals surface area contributed by atoms with Gasteiger partial charge in [0.2, 0.25) is 11.8 Å². The lowest BCUT2D eigenvalue weighted by molar-refractivity contribution is -0.129. The molecule has 2 aromatic carbocycles. The number of fused-ring (bicyclic) bond motifs is 1. The van der Waals surface area contributed by atoms with Crippen molar-refractivity contribution in [3.63, 3.8) is 0 Å². The molecular weight excluding hydrogens is 488 g/mol. The van der Waals surface area contributed by atoms with Gasteiger partial charge in [-0.25, -0.2) is 9.97 Å². The number of carbonyl (C=O) groups excluding carboxylic acids is 1. The largest absolute Gasteiger partial charge is 0.438 e. The van der Waals surface area contributed by atoms with Crippen molar-refractivity contribution >= 4 is 49.1 Å². The zero-order valence-electron chi connectivity index (χ0n) is 17.5. The molecule has 4 aromatic rings. The first-order valence-electron chi connectivity index (χ1n) is 10.3. The highest BCUT2D eigenvalue weighted by molar-refractivity contribution is 9.10. The van der Waals surface area contributed by atoms with Gasteiger partial charge >= 0.3 is 0 Å². The number of thiophene rings is 1. The van der Waals surface area contributed by atoms with Crippen molar-refractivity contribution < 1.29 is 9.53 Å². The summed E-state index contributed by atoms with van der Waals surface area (Å²) < 4.78 is 7.24. The molecule has 0 aliphatic carbocycles. The van der Waals surface area contributed by atoms with Crippen LogP contribution in [0.5, 0.6) is 11.6 Å². The maximum atomic E-state index is 11.5. The summed E-state index contributed by atoms with van der Waals surface area (Å²) in [5, 5.41) is 3.02. The number of rotatable bonds is 4. The van der Waals surface area contributed by atoms with Crippen molar-refractivity contribution in [1.29, 1.82) is 0 Å². The Morgan fingerprint density at radius 2 is 1.72 bits per heavy atom. The molecule has 32 heavy (non-hydrogen) atoms. The fourth-order valence-electron chi connectivity index (χ4n) is 3.88. The van der Waals surface area contributed by atoms with E-state index >= 15 is 0 Å². The Morgan fingerprint density at radius 3 is 2.41 bits per heavy atom. The number of piperazine rings is 1. The number of nitrogens with zero attached hydrogens (tertiary/aromatic N) is 4. The highest BCUT2D eigenvalue weighted by atomic mass is 79.9. The van der Waals surface area contributed by atoms with Crippen molar-refractivity contribution in [2.45, 2.75) is 6.92 Å². The molecule has 0 unspecified atom stereocenters. The number of halogens is 1. The van der Waals surface area contributed by atoms with Crippen LogP contribution in [0.25, 0.3) is 21.3 Å².